The maximum absolute atomic E-state index is 12.4. The van der Waals surface area contributed by atoms with Crippen molar-refractivity contribution in [1.29, 1.82) is 0 Å². The van der Waals surface area contributed by atoms with Gasteiger partial charge in [0.15, 0.2) is 12.1 Å². The molecule has 8 nitrogen and oxygen atoms in total. The molecule has 1 aromatic carbocycles. The van der Waals surface area contributed by atoms with Crippen molar-refractivity contribution in [3.8, 4) is 5.75 Å². The third kappa shape index (κ3) is 8.12. The van der Waals surface area contributed by atoms with E-state index in [4.69, 9.17) is 23.7 Å². The zero-order valence-corrected chi connectivity index (χ0v) is 21.1. The molecule has 2 amide bonds. The molecule has 0 unspecified atom stereocenters. The molecule has 1 aromatic rings. The molecule has 0 spiro atoms. The van der Waals surface area contributed by atoms with Crippen LogP contribution < -0.4 is 15.4 Å². The van der Waals surface area contributed by atoms with Crippen LogP contribution in [0.5, 0.6) is 5.75 Å². The molecule has 3 rings (SSSR count). The highest BCUT2D eigenvalue weighted by Gasteiger charge is 2.55. The molecular weight excluding hydrogens is 436 g/mol. The van der Waals surface area contributed by atoms with Crippen molar-refractivity contribution in [2.75, 3.05) is 25.6 Å². The van der Waals surface area contributed by atoms with Gasteiger partial charge in [0, 0.05) is 18.8 Å². The van der Waals surface area contributed by atoms with Crippen LogP contribution in [-0.4, -0.2) is 56.7 Å². The predicted molar refractivity (Wildman–Crippen MR) is 131 cm³/mol. The van der Waals surface area contributed by atoms with E-state index in [0.29, 0.717) is 18.8 Å². The maximum Gasteiger partial charge on any atom is 0.319 e. The molecule has 2 aliphatic rings. The van der Waals surface area contributed by atoms with Gasteiger partial charge < -0.3 is 34.3 Å². The molecule has 0 saturated carbocycles. The fraction of sp³-hybridized carbons (Fsp3) is 0.731. The van der Waals surface area contributed by atoms with E-state index in [1.54, 1.807) is 31.4 Å². The Bertz CT molecular complexity index is 741. The number of benzene rings is 1. The second kappa shape index (κ2) is 13.3. The molecule has 0 aliphatic carbocycles. The summed E-state index contributed by atoms with van der Waals surface area (Å²) in [5.41, 5.74) is 0.679. The van der Waals surface area contributed by atoms with Gasteiger partial charge in [0.05, 0.1) is 7.11 Å². The summed E-state index contributed by atoms with van der Waals surface area (Å²) in [7, 11) is 1.60. The first-order chi connectivity index (χ1) is 16.4. The van der Waals surface area contributed by atoms with Gasteiger partial charge in [0.1, 0.15) is 24.1 Å². The first-order valence-electron chi connectivity index (χ1n) is 12.7. The van der Waals surface area contributed by atoms with Gasteiger partial charge >= 0.3 is 6.03 Å². The number of nitrogens with one attached hydrogen (secondary N) is 2. The van der Waals surface area contributed by atoms with E-state index in [2.05, 4.69) is 17.6 Å². The lowest BCUT2D eigenvalue weighted by atomic mass is 10.1. The molecule has 2 aliphatic heterocycles. The number of urea groups is 1. The van der Waals surface area contributed by atoms with Gasteiger partial charge in [-0.1, -0.05) is 51.9 Å². The largest absolute Gasteiger partial charge is 0.497 e. The Morgan fingerprint density at radius 1 is 1.00 bits per heavy atom. The Balaban J connectivity index is 1.43. The lowest BCUT2D eigenvalue weighted by Crippen LogP contribution is -2.44. The summed E-state index contributed by atoms with van der Waals surface area (Å²) in [6, 6.07) is 6.85. The quantitative estimate of drug-likeness (QED) is 0.357. The fourth-order valence-electron chi connectivity index (χ4n) is 4.41. The predicted octanol–water partition coefficient (Wildman–Crippen LogP) is 5.22. The van der Waals surface area contributed by atoms with Crippen LogP contribution in [0.3, 0.4) is 0 Å². The van der Waals surface area contributed by atoms with Crippen LogP contribution in [0.15, 0.2) is 24.3 Å². The van der Waals surface area contributed by atoms with E-state index >= 15 is 0 Å². The van der Waals surface area contributed by atoms with E-state index in [0.717, 1.165) is 18.6 Å². The average Bonchev–Trinajstić information content (AvgIpc) is 3.28. The van der Waals surface area contributed by atoms with Crippen molar-refractivity contribution >= 4 is 11.7 Å². The van der Waals surface area contributed by atoms with E-state index in [9.17, 15) is 4.79 Å². The molecule has 2 N–H and O–H groups in total. The second-order valence-corrected chi connectivity index (χ2v) is 9.52. The molecule has 34 heavy (non-hydrogen) atoms. The molecule has 0 bridgehead atoms. The minimum absolute atomic E-state index is 0.294. The minimum atomic E-state index is -0.709. The first-order valence-corrected chi connectivity index (χ1v) is 12.7. The molecule has 8 heteroatoms. The Morgan fingerprint density at radius 3 is 2.35 bits per heavy atom. The molecule has 0 radical (unpaired) electrons. The van der Waals surface area contributed by atoms with Crippen LogP contribution in [0, 0.1) is 0 Å². The summed E-state index contributed by atoms with van der Waals surface area (Å²) in [5, 5.41) is 5.69. The van der Waals surface area contributed by atoms with Crippen molar-refractivity contribution in [2.45, 2.75) is 103 Å². The molecule has 2 fully saturated rings. The molecule has 192 valence electrons. The van der Waals surface area contributed by atoms with Gasteiger partial charge in [-0.05, 0) is 44.5 Å². The average molecular weight is 479 g/mol. The smallest absolute Gasteiger partial charge is 0.319 e. The number of amides is 2. The van der Waals surface area contributed by atoms with Gasteiger partial charge in [0.25, 0.3) is 0 Å². The summed E-state index contributed by atoms with van der Waals surface area (Å²) in [5.74, 6) is 0.0239. The van der Waals surface area contributed by atoms with Crippen molar-refractivity contribution in [3.63, 3.8) is 0 Å². The highest BCUT2D eigenvalue weighted by Crippen LogP contribution is 2.38. The highest BCUT2D eigenvalue weighted by atomic mass is 16.8. The number of anilines is 1. The van der Waals surface area contributed by atoms with Gasteiger partial charge in [0.2, 0.25) is 0 Å². The molecule has 0 aromatic heterocycles. The van der Waals surface area contributed by atoms with Crippen molar-refractivity contribution in [2.24, 2.45) is 0 Å². The third-order valence-electron chi connectivity index (χ3n) is 6.21. The molecular formula is C26H42N2O6. The van der Waals surface area contributed by atoms with Crippen LogP contribution in [0.4, 0.5) is 10.5 Å². The minimum Gasteiger partial charge on any atom is -0.497 e. The number of ether oxygens (including phenoxy) is 5. The Morgan fingerprint density at radius 2 is 1.68 bits per heavy atom. The van der Waals surface area contributed by atoms with Gasteiger partial charge in [-0.3, -0.25) is 0 Å². The summed E-state index contributed by atoms with van der Waals surface area (Å²) in [6.45, 7) is 6.93. The highest BCUT2D eigenvalue weighted by molar-refractivity contribution is 5.89. The monoisotopic (exact) mass is 478 g/mol. The summed E-state index contributed by atoms with van der Waals surface area (Å²) < 4.78 is 29.4. The van der Waals surface area contributed by atoms with E-state index in [1.165, 1.54) is 38.5 Å². The molecule has 4 atom stereocenters. The van der Waals surface area contributed by atoms with Gasteiger partial charge in [-0.2, -0.15) is 0 Å². The fourth-order valence-corrected chi connectivity index (χ4v) is 4.41. The van der Waals surface area contributed by atoms with E-state index < -0.39 is 12.1 Å². The number of carbonyl (C=O) groups is 1. The van der Waals surface area contributed by atoms with Crippen LogP contribution >= 0.6 is 0 Å². The Kier molecular flexibility index (Phi) is 10.4. The number of hydrogen-bond acceptors (Lipinski definition) is 6. The zero-order chi connectivity index (χ0) is 24.4. The maximum atomic E-state index is 12.4. The Hall–Kier alpha value is -1.87. The zero-order valence-electron chi connectivity index (χ0n) is 21.1. The SMILES string of the molecule is CCCCCCCCCCO[C@@H]1[C@H]2OC(C)(C)O[C@H]2O[C@@H]1CNC(=O)Nc1ccc(OC)cc1. The lowest BCUT2D eigenvalue weighted by molar-refractivity contribution is -0.217. The van der Waals surface area contributed by atoms with Gasteiger partial charge in [-0.15, -0.1) is 0 Å². The third-order valence-corrected chi connectivity index (χ3v) is 6.21. The van der Waals surface area contributed by atoms with Crippen LogP contribution in [-0.2, 0) is 18.9 Å². The number of rotatable bonds is 14. The van der Waals surface area contributed by atoms with Crippen LogP contribution in [0.2, 0.25) is 0 Å². The van der Waals surface area contributed by atoms with Crippen molar-refractivity contribution in [1.82, 2.24) is 5.32 Å². The van der Waals surface area contributed by atoms with E-state index in [-0.39, 0.29) is 24.3 Å². The normalized spacial score (nSPS) is 25.2. The standard InChI is InChI=1S/C26H42N2O6/c1-5-6-7-8-9-10-11-12-17-31-22-21(32-24-23(22)33-26(2,3)34-24)18-27-25(29)28-19-13-15-20(30-4)16-14-19/h13-16,21-24H,5-12,17-18H2,1-4H3,(H2,27,28,29)/t21-,22+,23-,24-/m1/s1. The number of carbonyl (C=O) groups excluding carboxylic acids is 1. The Labute approximate surface area is 204 Å². The lowest BCUT2D eigenvalue weighted by Gasteiger charge is -2.26. The molecule has 2 heterocycles. The number of hydrogen-bond donors (Lipinski definition) is 2. The summed E-state index contributed by atoms with van der Waals surface area (Å²) >= 11 is 0. The van der Waals surface area contributed by atoms with Crippen molar-refractivity contribution < 1.29 is 28.5 Å². The van der Waals surface area contributed by atoms with Gasteiger partial charge in [-0.25, -0.2) is 4.79 Å². The number of unbranched alkanes of at least 4 members (excludes halogenated alkanes) is 7. The van der Waals surface area contributed by atoms with Crippen molar-refractivity contribution in [3.05, 3.63) is 24.3 Å². The number of fused-ring (bicyclic) bond motifs is 1. The topological polar surface area (TPSA) is 87.3 Å². The number of methoxy groups -OCH3 is 1. The summed E-state index contributed by atoms with van der Waals surface area (Å²) in [6.07, 6.45) is 8.52. The second-order valence-electron chi connectivity index (χ2n) is 9.52. The first kappa shape index (κ1) is 26.7. The van der Waals surface area contributed by atoms with Crippen LogP contribution in [0.1, 0.15) is 72.1 Å². The molecule has 2 saturated heterocycles. The summed E-state index contributed by atoms with van der Waals surface area (Å²) in [4.78, 5) is 12.4. The van der Waals surface area contributed by atoms with E-state index in [1.807, 2.05) is 13.8 Å². The van der Waals surface area contributed by atoms with Crippen LogP contribution in [0.25, 0.3) is 0 Å².